The van der Waals surface area contributed by atoms with Crippen LogP contribution in [0.1, 0.15) is 19.8 Å². The molecule has 1 saturated heterocycles. The molecule has 4 rings (SSSR count). The standard InChI is InChI=1S/C20H20FN3O3S/c1-14-5-4-12-24(13-14)28(25,26)18-7-3-2-6-17(18)20-22-19(23-27-20)15-8-10-16(21)11-9-15/h2-3,6-11,14H,4-5,12-13H2,1H3. The van der Waals surface area contributed by atoms with E-state index in [4.69, 9.17) is 4.52 Å². The number of aromatic nitrogens is 2. The van der Waals surface area contributed by atoms with E-state index in [0.717, 1.165) is 12.8 Å². The molecule has 1 aliphatic rings. The Balaban J connectivity index is 1.72. The zero-order chi connectivity index (χ0) is 19.7. The average molecular weight is 401 g/mol. The summed E-state index contributed by atoms with van der Waals surface area (Å²) in [6, 6.07) is 12.3. The van der Waals surface area contributed by atoms with Gasteiger partial charge in [-0.15, -0.1) is 0 Å². The van der Waals surface area contributed by atoms with Crippen molar-refractivity contribution in [2.75, 3.05) is 13.1 Å². The van der Waals surface area contributed by atoms with Crippen molar-refractivity contribution >= 4 is 10.0 Å². The Hall–Kier alpha value is -2.58. The van der Waals surface area contributed by atoms with Crippen LogP contribution in [0.4, 0.5) is 4.39 Å². The molecular weight excluding hydrogens is 381 g/mol. The predicted molar refractivity (Wildman–Crippen MR) is 102 cm³/mol. The zero-order valence-corrected chi connectivity index (χ0v) is 16.2. The fraction of sp³-hybridized carbons (Fsp3) is 0.300. The third-order valence-electron chi connectivity index (χ3n) is 4.88. The number of hydrogen-bond acceptors (Lipinski definition) is 5. The maximum Gasteiger partial charge on any atom is 0.259 e. The summed E-state index contributed by atoms with van der Waals surface area (Å²) in [6.07, 6.45) is 1.87. The molecular formula is C20H20FN3O3S. The van der Waals surface area contributed by atoms with Crippen LogP contribution in [0.5, 0.6) is 0 Å². The highest BCUT2D eigenvalue weighted by molar-refractivity contribution is 7.89. The van der Waals surface area contributed by atoms with Crippen molar-refractivity contribution in [1.82, 2.24) is 14.4 Å². The number of benzene rings is 2. The van der Waals surface area contributed by atoms with Gasteiger partial charge in [0.05, 0.1) is 10.5 Å². The van der Waals surface area contributed by atoms with Gasteiger partial charge >= 0.3 is 0 Å². The Morgan fingerprint density at radius 2 is 1.89 bits per heavy atom. The molecule has 146 valence electrons. The van der Waals surface area contributed by atoms with Gasteiger partial charge in [-0.3, -0.25) is 0 Å². The summed E-state index contributed by atoms with van der Waals surface area (Å²) in [7, 11) is -3.68. The summed E-state index contributed by atoms with van der Waals surface area (Å²) < 4.78 is 46.5. The molecule has 1 aromatic heterocycles. The Morgan fingerprint density at radius 1 is 1.14 bits per heavy atom. The lowest BCUT2D eigenvalue weighted by Crippen LogP contribution is -2.39. The molecule has 0 N–H and O–H groups in total. The molecule has 0 bridgehead atoms. The van der Waals surface area contributed by atoms with Gasteiger partial charge < -0.3 is 4.52 Å². The van der Waals surface area contributed by atoms with Gasteiger partial charge in [0.15, 0.2) is 0 Å². The Kier molecular flexibility index (Phi) is 4.99. The lowest BCUT2D eigenvalue weighted by Gasteiger charge is -2.30. The maximum atomic E-state index is 13.2. The maximum absolute atomic E-state index is 13.2. The van der Waals surface area contributed by atoms with Gasteiger partial charge in [0.25, 0.3) is 5.89 Å². The highest BCUT2D eigenvalue weighted by Gasteiger charge is 2.31. The monoisotopic (exact) mass is 401 g/mol. The van der Waals surface area contributed by atoms with Crippen LogP contribution in [0.25, 0.3) is 22.8 Å². The van der Waals surface area contributed by atoms with Crippen LogP contribution < -0.4 is 0 Å². The molecule has 1 atom stereocenters. The minimum absolute atomic E-state index is 0.114. The topological polar surface area (TPSA) is 76.3 Å². The fourth-order valence-electron chi connectivity index (χ4n) is 3.42. The van der Waals surface area contributed by atoms with E-state index in [9.17, 15) is 12.8 Å². The molecule has 0 saturated carbocycles. The summed E-state index contributed by atoms with van der Waals surface area (Å²) in [5.41, 5.74) is 0.947. The van der Waals surface area contributed by atoms with Crippen molar-refractivity contribution in [3.05, 3.63) is 54.3 Å². The van der Waals surface area contributed by atoms with Gasteiger partial charge in [-0.2, -0.15) is 9.29 Å². The highest BCUT2D eigenvalue weighted by Crippen LogP contribution is 2.31. The number of hydrogen-bond donors (Lipinski definition) is 0. The van der Waals surface area contributed by atoms with E-state index in [2.05, 4.69) is 17.1 Å². The fourth-order valence-corrected chi connectivity index (χ4v) is 5.20. The number of piperidine rings is 1. The van der Waals surface area contributed by atoms with Crippen molar-refractivity contribution < 1.29 is 17.3 Å². The van der Waals surface area contributed by atoms with E-state index in [1.165, 1.54) is 16.4 Å². The third kappa shape index (κ3) is 3.57. The summed E-state index contributed by atoms with van der Waals surface area (Å²) in [5, 5.41) is 3.92. The van der Waals surface area contributed by atoms with Crippen LogP contribution in [-0.4, -0.2) is 36.0 Å². The predicted octanol–water partition coefficient (Wildman–Crippen LogP) is 3.96. The van der Waals surface area contributed by atoms with Crippen molar-refractivity contribution in [2.24, 2.45) is 5.92 Å². The van der Waals surface area contributed by atoms with Crippen molar-refractivity contribution in [2.45, 2.75) is 24.7 Å². The molecule has 0 spiro atoms. The Morgan fingerprint density at radius 3 is 2.64 bits per heavy atom. The van der Waals surface area contributed by atoms with E-state index >= 15 is 0 Å². The molecule has 1 unspecified atom stereocenters. The molecule has 1 aliphatic heterocycles. The first-order chi connectivity index (χ1) is 13.4. The van der Waals surface area contributed by atoms with E-state index in [-0.39, 0.29) is 22.4 Å². The van der Waals surface area contributed by atoms with Crippen molar-refractivity contribution in [3.8, 4) is 22.8 Å². The van der Waals surface area contributed by atoms with Crippen LogP contribution in [0, 0.1) is 11.7 Å². The second-order valence-corrected chi connectivity index (χ2v) is 8.94. The molecule has 0 aliphatic carbocycles. The van der Waals surface area contributed by atoms with Gasteiger partial charge in [0.1, 0.15) is 5.82 Å². The van der Waals surface area contributed by atoms with Gasteiger partial charge in [0, 0.05) is 18.7 Å². The molecule has 1 fully saturated rings. The Labute approximate surface area is 163 Å². The number of halogens is 1. The van der Waals surface area contributed by atoms with E-state index < -0.39 is 10.0 Å². The van der Waals surface area contributed by atoms with Crippen molar-refractivity contribution in [3.63, 3.8) is 0 Å². The first-order valence-corrected chi connectivity index (χ1v) is 10.6. The second-order valence-electron chi connectivity index (χ2n) is 7.04. The van der Waals surface area contributed by atoms with Crippen LogP contribution in [0.3, 0.4) is 0 Å². The highest BCUT2D eigenvalue weighted by atomic mass is 32.2. The van der Waals surface area contributed by atoms with Crippen LogP contribution >= 0.6 is 0 Å². The van der Waals surface area contributed by atoms with E-state index in [1.54, 1.807) is 36.4 Å². The quantitative estimate of drug-likeness (QED) is 0.661. The average Bonchev–Trinajstić information content (AvgIpc) is 3.18. The minimum Gasteiger partial charge on any atom is -0.334 e. The SMILES string of the molecule is CC1CCCN(S(=O)(=O)c2ccccc2-c2nc(-c3ccc(F)cc3)no2)C1. The lowest BCUT2D eigenvalue weighted by molar-refractivity contribution is 0.281. The molecule has 28 heavy (non-hydrogen) atoms. The molecule has 0 amide bonds. The van der Waals surface area contributed by atoms with Crippen molar-refractivity contribution in [1.29, 1.82) is 0 Å². The lowest BCUT2D eigenvalue weighted by atomic mass is 10.0. The van der Waals surface area contributed by atoms with Crippen LogP contribution in [-0.2, 0) is 10.0 Å². The van der Waals surface area contributed by atoms with Crippen LogP contribution in [0.15, 0.2) is 57.9 Å². The van der Waals surface area contributed by atoms with Gasteiger partial charge in [-0.05, 0) is 55.2 Å². The first kappa shape index (κ1) is 18.8. The summed E-state index contributed by atoms with van der Waals surface area (Å²) in [4.78, 5) is 4.48. The van der Waals surface area contributed by atoms with Crippen LogP contribution in [0.2, 0.25) is 0 Å². The Bertz CT molecular complexity index is 1080. The molecule has 6 nitrogen and oxygen atoms in total. The largest absolute Gasteiger partial charge is 0.334 e. The number of rotatable bonds is 4. The van der Waals surface area contributed by atoms with Gasteiger partial charge in [-0.25, -0.2) is 12.8 Å². The number of sulfonamides is 1. The summed E-state index contributed by atoms with van der Waals surface area (Å²) in [6.45, 7) is 3.06. The molecule has 0 radical (unpaired) electrons. The summed E-state index contributed by atoms with van der Waals surface area (Å²) in [5.74, 6) is 0.348. The third-order valence-corrected chi connectivity index (χ3v) is 6.81. The molecule has 2 heterocycles. The van der Waals surface area contributed by atoms with E-state index in [0.29, 0.717) is 30.1 Å². The first-order valence-electron chi connectivity index (χ1n) is 9.14. The molecule has 2 aromatic carbocycles. The van der Waals surface area contributed by atoms with E-state index in [1.807, 2.05) is 0 Å². The zero-order valence-electron chi connectivity index (χ0n) is 15.4. The van der Waals surface area contributed by atoms with Gasteiger partial charge in [0.2, 0.25) is 15.8 Å². The smallest absolute Gasteiger partial charge is 0.259 e. The van der Waals surface area contributed by atoms with Gasteiger partial charge in [-0.1, -0.05) is 24.2 Å². The second kappa shape index (κ2) is 7.44. The normalized spacial score (nSPS) is 18.3. The summed E-state index contributed by atoms with van der Waals surface area (Å²) >= 11 is 0. The molecule has 8 heteroatoms. The number of nitrogens with zero attached hydrogens (tertiary/aromatic N) is 3. The minimum atomic E-state index is -3.68. The molecule has 3 aromatic rings.